The Kier molecular flexibility index (Phi) is 3.10. The van der Waals surface area contributed by atoms with Crippen LogP contribution in [0, 0.1) is 5.92 Å². The molecule has 0 spiro atoms. The third-order valence-electron chi connectivity index (χ3n) is 2.64. The van der Waals surface area contributed by atoms with Crippen LogP contribution in [0.4, 0.5) is 5.69 Å². The summed E-state index contributed by atoms with van der Waals surface area (Å²) in [6, 6.07) is 7.28. The fraction of sp³-hybridized carbons (Fsp3) is 0.333. The number of rotatable bonds is 1. The molecule has 2 rings (SSSR count). The molecule has 0 aromatic heterocycles. The molecule has 1 heterocycles. The maximum absolute atomic E-state index is 11.9. The Morgan fingerprint density at radius 3 is 2.31 bits per heavy atom. The van der Waals surface area contributed by atoms with E-state index in [1.807, 2.05) is 25.1 Å². The smallest absolute Gasteiger partial charge is 0.234 e. The molecule has 1 fully saturated rings. The average molecular weight is 282 g/mol. The summed E-state index contributed by atoms with van der Waals surface area (Å²) in [5, 5.41) is 0. The average Bonchev–Trinajstić information content (AvgIpc) is 2.19. The van der Waals surface area contributed by atoms with E-state index >= 15 is 0 Å². The van der Waals surface area contributed by atoms with Gasteiger partial charge in [-0.25, -0.2) is 4.90 Å². The van der Waals surface area contributed by atoms with Crippen molar-refractivity contribution < 1.29 is 9.59 Å². The first-order valence-corrected chi connectivity index (χ1v) is 5.99. The van der Waals surface area contributed by atoms with Crippen LogP contribution in [0.25, 0.3) is 0 Å². The second kappa shape index (κ2) is 4.37. The maximum Gasteiger partial charge on any atom is 0.234 e. The monoisotopic (exact) mass is 281 g/mol. The molecule has 84 valence electrons. The second-order valence-corrected chi connectivity index (χ2v) is 4.94. The molecule has 0 aliphatic carbocycles. The summed E-state index contributed by atoms with van der Waals surface area (Å²) in [6.45, 7) is 1.92. The van der Waals surface area contributed by atoms with Crippen molar-refractivity contribution in [1.29, 1.82) is 0 Å². The van der Waals surface area contributed by atoms with Gasteiger partial charge in [0, 0.05) is 17.3 Å². The standard InChI is InChI=1S/C12H12BrNO2/c1-8-6-11(15)14(12(16)7-8)10-5-3-2-4-9(10)13/h2-5,8H,6-7H2,1H3. The number of carbonyl (C=O) groups excluding carboxylic acids is 2. The van der Waals surface area contributed by atoms with E-state index in [9.17, 15) is 9.59 Å². The van der Waals surface area contributed by atoms with Gasteiger partial charge >= 0.3 is 0 Å². The van der Waals surface area contributed by atoms with Crippen molar-refractivity contribution in [2.75, 3.05) is 4.90 Å². The first-order valence-electron chi connectivity index (χ1n) is 5.20. The van der Waals surface area contributed by atoms with Gasteiger partial charge in [0.1, 0.15) is 0 Å². The van der Waals surface area contributed by atoms with Crippen LogP contribution in [0.3, 0.4) is 0 Å². The molecule has 0 atom stereocenters. The molecule has 1 aliphatic rings. The molecule has 1 aliphatic heterocycles. The molecule has 1 aromatic carbocycles. The molecule has 1 aromatic rings. The predicted molar refractivity (Wildman–Crippen MR) is 65.0 cm³/mol. The minimum Gasteiger partial charge on any atom is -0.274 e. The quantitative estimate of drug-likeness (QED) is 0.743. The number of carbonyl (C=O) groups is 2. The van der Waals surface area contributed by atoms with E-state index in [4.69, 9.17) is 0 Å². The Morgan fingerprint density at radius 1 is 1.19 bits per heavy atom. The fourth-order valence-electron chi connectivity index (χ4n) is 1.89. The van der Waals surface area contributed by atoms with Gasteiger partial charge in [-0.3, -0.25) is 9.59 Å². The lowest BCUT2D eigenvalue weighted by Gasteiger charge is -2.28. The van der Waals surface area contributed by atoms with Gasteiger partial charge in [-0.2, -0.15) is 0 Å². The van der Waals surface area contributed by atoms with Crippen molar-refractivity contribution >= 4 is 33.4 Å². The van der Waals surface area contributed by atoms with E-state index < -0.39 is 0 Å². The van der Waals surface area contributed by atoms with E-state index in [0.717, 1.165) is 4.47 Å². The van der Waals surface area contributed by atoms with Crippen LogP contribution < -0.4 is 4.90 Å². The second-order valence-electron chi connectivity index (χ2n) is 4.09. The zero-order chi connectivity index (χ0) is 11.7. The topological polar surface area (TPSA) is 37.4 Å². The first-order chi connectivity index (χ1) is 7.59. The third-order valence-corrected chi connectivity index (χ3v) is 3.31. The number of halogens is 1. The van der Waals surface area contributed by atoms with Gasteiger partial charge in [0.15, 0.2) is 0 Å². The summed E-state index contributed by atoms with van der Waals surface area (Å²) >= 11 is 3.36. The lowest BCUT2D eigenvalue weighted by atomic mass is 9.97. The molecule has 4 heteroatoms. The molecular weight excluding hydrogens is 270 g/mol. The van der Waals surface area contributed by atoms with Crippen molar-refractivity contribution in [3.63, 3.8) is 0 Å². The third kappa shape index (κ3) is 2.02. The van der Waals surface area contributed by atoms with Gasteiger partial charge in [0.25, 0.3) is 0 Å². The van der Waals surface area contributed by atoms with Gasteiger partial charge in [0.2, 0.25) is 11.8 Å². The van der Waals surface area contributed by atoms with Crippen LogP contribution in [0.5, 0.6) is 0 Å². The zero-order valence-corrected chi connectivity index (χ0v) is 10.5. The number of nitrogens with zero attached hydrogens (tertiary/aromatic N) is 1. The molecule has 0 bridgehead atoms. The van der Waals surface area contributed by atoms with Gasteiger partial charge in [0.05, 0.1) is 5.69 Å². The molecule has 0 radical (unpaired) electrons. The van der Waals surface area contributed by atoms with Crippen LogP contribution in [0.1, 0.15) is 19.8 Å². The number of piperidine rings is 1. The summed E-state index contributed by atoms with van der Waals surface area (Å²) in [5.41, 5.74) is 0.643. The van der Waals surface area contributed by atoms with Crippen LogP contribution in [-0.2, 0) is 9.59 Å². The Labute approximate surface area is 103 Å². The van der Waals surface area contributed by atoms with Gasteiger partial charge < -0.3 is 0 Å². The fourth-order valence-corrected chi connectivity index (χ4v) is 2.35. The summed E-state index contributed by atoms with van der Waals surface area (Å²) in [5.74, 6) is -0.0787. The van der Waals surface area contributed by atoms with Crippen LogP contribution >= 0.6 is 15.9 Å². The molecule has 0 N–H and O–H groups in total. The molecule has 1 saturated heterocycles. The van der Waals surface area contributed by atoms with Crippen LogP contribution in [0.2, 0.25) is 0 Å². The number of anilines is 1. The van der Waals surface area contributed by atoms with Crippen molar-refractivity contribution in [3.8, 4) is 0 Å². The first kappa shape index (κ1) is 11.3. The molecular formula is C12H12BrNO2. The van der Waals surface area contributed by atoms with E-state index in [1.54, 1.807) is 6.07 Å². The van der Waals surface area contributed by atoms with E-state index in [-0.39, 0.29) is 17.7 Å². The minimum absolute atomic E-state index is 0.115. The largest absolute Gasteiger partial charge is 0.274 e. The predicted octanol–water partition coefficient (Wildman–Crippen LogP) is 2.74. The maximum atomic E-state index is 11.9. The summed E-state index contributed by atoms with van der Waals surface area (Å²) in [7, 11) is 0. The van der Waals surface area contributed by atoms with Gasteiger partial charge in [-0.15, -0.1) is 0 Å². The SMILES string of the molecule is CC1CC(=O)N(c2ccccc2Br)C(=O)C1. The highest BCUT2D eigenvalue weighted by Gasteiger charge is 2.32. The highest BCUT2D eigenvalue weighted by molar-refractivity contribution is 9.10. The number of imide groups is 1. The number of hydrogen-bond donors (Lipinski definition) is 0. The van der Waals surface area contributed by atoms with E-state index in [1.165, 1.54) is 4.90 Å². The van der Waals surface area contributed by atoms with Crippen molar-refractivity contribution in [2.24, 2.45) is 5.92 Å². The Morgan fingerprint density at radius 2 is 1.75 bits per heavy atom. The van der Waals surface area contributed by atoms with Crippen molar-refractivity contribution in [1.82, 2.24) is 0 Å². The molecule has 2 amide bonds. The Hall–Kier alpha value is -1.16. The lowest BCUT2D eigenvalue weighted by molar-refractivity contribution is -0.130. The summed E-state index contributed by atoms with van der Waals surface area (Å²) in [6.07, 6.45) is 0.875. The van der Waals surface area contributed by atoms with E-state index in [0.29, 0.717) is 18.5 Å². The summed E-state index contributed by atoms with van der Waals surface area (Å²) < 4.78 is 0.770. The molecule has 3 nitrogen and oxygen atoms in total. The summed E-state index contributed by atoms with van der Waals surface area (Å²) in [4.78, 5) is 25.0. The molecule has 16 heavy (non-hydrogen) atoms. The van der Waals surface area contributed by atoms with Gasteiger partial charge in [-0.1, -0.05) is 19.1 Å². The highest BCUT2D eigenvalue weighted by Crippen LogP contribution is 2.30. The normalized spacial score (nSPS) is 18.0. The highest BCUT2D eigenvalue weighted by atomic mass is 79.9. The zero-order valence-electron chi connectivity index (χ0n) is 8.94. The number of amides is 2. The van der Waals surface area contributed by atoms with Crippen molar-refractivity contribution in [3.05, 3.63) is 28.7 Å². The van der Waals surface area contributed by atoms with Crippen LogP contribution in [-0.4, -0.2) is 11.8 Å². The Bertz CT molecular complexity index is 426. The van der Waals surface area contributed by atoms with Gasteiger partial charge in [-0.05, 0) is 34.0 Å². The lowest BCUT2D eigenvalue weighted by Crippen LogP contribution is -2.43. The minimum atomic E-state index is -0.115. The molecule has 0 saturated carbocycles. The van der Waals surface area contributed by atoms with E-state index in [2.05, 4.69) is 15.9 Å². The Balaban J connectivity index is 2.37. The van der Waals surface area contributed by atoms with Crippen LogP contribution in [0.15, 0.2) is 28.7 Å². The molecule has 0 unspecified atom stereocenters. The number of hydrogen-bond acceptors (Lipinski definition) is 2. The van der Waals surface area contributed by atoms with Crippen molar-refractivity contribution in [2.45, 2.75) is 19.8 Å². The number of benzene rings is 1. The number of para-hydroxylation sites is 1.